The van der Waals surface area contributed by atoms with Crippen LogP contribution in [0.4, 0.5) is 0 Å². The van der Waals surface area contributed by atoms with Crippen molar-refractivity contribution < 1.29 is 0 Å². The molecule has 1 aliphatic rings. The molecular formula is C13H16ClNS. The molecule has 0 unspecified atom stereocenters. The molecule has 2 aromatic rings. The Hall–Kier alpha value is -0.570. The Balaban J connectivity index is 0.000000963. The average Bonchev–Trinajstić information content (AvgIpc) is 2.96. The number of halogens is 1. The lowest BCUT2D eigenvalue weighted by molar-refractivity contribution is 0.601. The van der Waals surface area contributed by atoms with E-state index < -0.39 is 0 Å². The summed E-state index contributed by atoms with van der Waals surface area (Å²) in [5.41, 5.74) is 7.60. The van der Waals surface area contributed by atoms with Crippen LogP contribution in [0.5, 0.6) is 0 Å². The average molecular weight is 254 g/mol. The van der Waals surface area contributed by atoms with Crippen LogP contribution in [0.25, 0.3) is 10.1 Å². The largest absolute Gasteiger partial charge is 0.324 e. The Bertz CT molecular complexity index is 475. The third-order valence-electron chi connectivity index (χ3n) is 3.19. The minimum absolute atomic E-state index is 0. The molecule has 3 heteroatoms. The van der Waals surface area contributed by atoms with Crippen LogP contribution in [0.1, 0.15) is 30.9 Å². The molecule has 1 aromatic heterocycles. The number of rotatable bonds is 3. The fourth-order valence-electron chi connectivity index (χ4n) is 2.13. The summed E-state index contributed by atoms with van der Waals surface area (Å²) in [6, 6.07) is 8.80. The molecule has 0 radical (unpaired) electrons. The number of benzene rings is 1. The van der Waals surface area contributed by atoms with Crippen molar-refractivity contribution in [3.8, 4) is 0 Å². The second-order valence-corrected chi connectivity index (χ2v) is 5.38. The molecule has 1 aromatic carbocycles. The van der Waals surface area contributed by atoms with Crippen LogP contribution in [-0.4, -0.2) is 0 Å². The minimum atomic E-state index is 0. The Kier molecular flexibility index (Phi) is 3.53. The van der Waals surface area contributed by atoms with E-state index in [0.717, 1.165) is 5.92 Å². The molecule has 16 heavy (non-hydrogen) atoms. The molecule has 1 atom stereocenters. The van der Waals surface area contributed by atoms with Gasteiger partial charge in [-0.15, -0.1) is 23.7 Å². The van der Waals surface area contributed by atoms with Crippen molar-refractivity contribution >= 4 is 33.8 Å². The summed E-state index contributed by atoms with van der Waals surface area (Å²) in [6.07, 6.45) is 3.94. The molecule has 1 heterocycles. The summed E-state index contributed by atoms with van der Waals surface area (Å²) in [6.45, 7) is 0. The van der Waals surface area contributed by atoms with E-state index in [9.17, 15) is 0 Å². The quantitative estimate of drug-likeness (QED) is 0.875. The third kappa shape index (κ3) is 2.24. The van der Waals surface area contributed by atoms with Gasteiger partial charge in [0.25, 0.3) is 0 Å². The van der Waals surface area contributed by atoms with Gasteiger partial charge in [-0.05, 0) is 34.7 Å². The molecule has 0 saturated heterocycles. The maximum Gasteiger partial charge on any atom is 0.0346 e. The predicted octanol–water partition coefficient (Wildman–Crippen LogP) is 4.12. The third-order valence-corrected chi connectivity index (χ3v) is 4.18. The van der Waals surface area contributed by atoms with E-state index in [2.05, 4.69) is 29.6 Å². The molecule has 1 aliphatic carbocycles. The van der Waals surface area contributed by atoms with Crippen LogP contribution in [0.2, 0.25) is 0 Å². The van der Waals surface area contributed by atoms with Gasteiger partial charge in [-0.3, -0.25) is 0 Å². The second-order valence-electron chi connectivity index (χ2n) is 4.47. The SMILES string of the molecule is Cl.N[C@H](CC1CC1)c1csc2ccccc12. The predicted molar refractivity (Wildman–Crippen MR) is 73.3 cm³/mol. The summed E-state index contributed by atoms with van der Waals surface area (Å²) < 4.78 is 1.36. The van der Waals surface area contributed by atoms with E-state index in [1.807, 2.05) is 11.3 Å². The van der Waals surface area contributed by atoms with Gasteiger partial charge in [0.15, 0.2) is 0 Å². The van der Waals surface area contributed by atoms with Crippen molar-refractivity contribution in [2.24, 2.45) is 11.7 Å². The van der Waals surface area contributed by atoms with E-state index in [0.29, 0.717) is 0 Å². The fraction of sp³-hybridized carbons (Fsp3) is 0.385. The van der Waals surface area contributed by atoms with Crippen molar-refractivity contribution in [3.05, 3.63) is 35.2 Å². The van der Waals surface area contributed by atoms with Gasteiger partial charge >= 0.3 is 0 Å². The standard InChI is InChI=1S/C13H15NS.ClH/c14-12(7-9-5-6-9)11-8-15-13-4-2-1-3-10(11)13;/h1-4,8-9,12H,5-7,14H2;1H/t12-;/m1./s1. The molecule has 1 fully saturated rings. The minimum Gasteiger partial charge on any atom is -0.324 e. The monoisotopic (exact) mass is 253 g/mol. The summed E-state index contributed by atoms with van der Waals surface area (Å²) in [4.78, 5) is 0. The van der Waals surface area contributed by atoms with Crippen molar-refractivity contribution in [1.29, 1.82) is 0 Å². The van der Waals surface area contributed by atoms with E-state index in [1.165, 1.54) is 34.9 Å². The summed E-state index contributed by atoms with van der Waals surface area (Å²) in [7, 11) is 0. The fourth-order valence-corrected chi connectivity index (χ4v) is 3.15. The van der Waals surface area contributed by atoms with Gasteiger partial charge in [-0.1, -0.05) is 31.0 Å². The van der Waals surface area contributed by atoms with E-state index in [4.69, 9.17) is 5.73 Å². The normalized spacial score (nSPS) is 17.1. The first-order chi connectivity index (χ1) is 7.34. The van der Waals surface area contributed by atoms with Crippen molar-refractivity contribution in [3.63, 3.8) is 0 Å². The maximum atomic E-state index is 6.25. The van der Waals surface area contributed by atoms with E-state index in [-0.39, 0.29) is 18.4 Å². The van der Waals surface area contributed by atoms with Crippen molar-refractivity contribution in [2.45, 2.75) is 25.3 Å². The Morgan fingerprint density at radius 1 is 1.31 bits per heavy atom. The zero-order valence-corrected chi connectivity index (χ0v) is 10.7. The molecule has 0 amide bonds. The van der Waals surface area contributed by atoms with Crippen LogP contribution in [-0.2, 0) is 0 Å². The van der Waals surface area contributed by atoms with Crippen LogP contribution >= 0.6 is 23.7 Å². The lowest BCUT2D eigenvalue weighted by atomic mass is 10.0. The highest BCUT2D eigenvalue weighted by Crippen LogP contribution is 2.39. The number of thiophene rings is 1. The lowest BCUT2D eigenvalue weighted by Crippen LogP contribution is -2.10. The number of hydrogen-bond donors (Lipinski definition) is 1. The van der Waals surface area contributed by atoms with Gasteiger partial charge in [0, 0.05) is 10.7 Å². The van der Waals surface area contributed by atoms with Gasteiger partial charge < -0.3 is 5.73 Å². The van der Waals surface area contributed by atoms with Gasteiger partial charge in [0.05, 0.1) is 0 Å². The highest BCUT2D eigenvalue weighted by Gasteiger charge is 2.25. The molecule has 0 spiro atoms. The molecular weight excluding hydrogens is 238 g/mol. The van der Waals surface area contributed by atoms with Crippen LogP contribution in [0, 0.1) is 5.92 Å². The van der Waals surface area contributed by atoms with Crippen molar-refractivity contribution in [1.82, 2.24) is 0 Å². The maximum absolute atomic E-state index is 6.25. The first-order valence-corrected chi connectivity index (χ1v) is 6.44. The Labute approximate surface area is 106 Å². The van der Waals surface area contributed by atoms with Crippen LogP contribution in [0.15, 0.2) is 29.6 Å². The first-order valence-electron chi connectivity index (χ1n) is 5.56. The van der Waals surface area contributed by atoms with Gasteiger partial charge in [0.1, 0.15) is 0 Å². The molecule has 3 rings (SSSR count). The first kappa shape index (κ1) is 11.9. The summed E-state index contributed by atoms with van der Waals surface area (Å²) in [5, 5.41) is 3.59. The summed E-state index contributed by atoms with van der Waals surface area (Å²) in [5.74, 6) is 0.902. The van der Waals surface area contributed by atoms with Crippen LogP contribution in [0.3, 0.4) is 0 Å². The Morgan fingerprint density at radius 3 is 2.81 bits per heavy atom. The smallest absolute Gasteiger partial charge is 0.0346 e. The highest BCUT2D eigenvalue weighted by atomic mass is 35.5. The zero-order chi connectivity index (χ0) is 10.3. The molecule has 0 aliphatic heterocycles. The molecule has 1 saturated carbocycles. The highest BCUT2D eigenvalue weighted by molar-refractivity contribution is 7.17. The summed E-state index contributed by atoms with van der Waals surface area (Å²) >= 11 is 1.81. The van der Waals surface area contributed by atoms with Crippen LogP contribution < -0.4 is 5.73 Å². The lowest BCUT2D eigenvalue weighted by Gasteiger charge is -2.09. The van der Waals surface area contributed by atoms with Gasteiger partial charge in [-0.25, -0.2) is 0 Å². The molecule has 1 nitrogen and oxygen atoms in total. The molecule has 0 bridgehead atoms. The van der Waals surface area contributed by atoms with E-state index in [1.54, 1.807) is 0 Å². The van der Waals surface area contributed by atoms with Crippen molar-refractivity contribution in [2.75, 3.05) is 0 Å². The number of hydrogen-bond acceptors (Lipinski definition) is 2. The molecule has 2 N–H and O–H groups in total. The second kappa shape index (κ2) is 4.74. The van der Waals surface area contributed by atoms with Gasteiger partial charge in [0.2, 0.25) is 0 Å². The molecule has 86 valence electrons. The number of nitrogens with two attached hydrogens (primary N) is 1. The number of fused-ring (bicyclic) bond motifs is 1. The zero-order valence-electron chi connectivity index (χ0n) is 9.06. The topological polar surface area (TPSA) is 26.0 Å². The van der Waals surface area contributed by atoms with E-state index >= 15 is 0 Å². The van der Waals surface area contributed by atoms with Gasteiger partial charge in [-0.2, -0.15) is 0 Å². The Morgan fingerprint density at radius 2 is 2.06 bits per heavy atom.